The highest BCUT2D eigenvalue weighted by atomic mass is 32.1. The lowest BCUT2D eigenvalue weighted by Gasteiger charge is -2.40. The summed E-state index contributed by atoms with van der Waals surface area (Å²) in [5.41, 5.74) is 2.16. The highest BCUT2D eigenvalue weighted by molar-refractivity contribution is 7.12. The Morgan fingerprint density at radius 3 is 2.71 bits per heavy atom. The molecule has 5 nitrogen and oxygen atoms in total. The van der Waals surface area contributed by atoms with Gasteiger partial charge in [0.15, 0.2) is 0 Å². The van der Waals surface area contributed by atoms with Crippen LogP contribution in [0.4, 0.5) is 4.39 Å². The van der Waals surface area contributed by atoms with Crippen LogP contribution in [-0.4, -0.2) is 65.3 Å². The molecule has 2 aliphatic heterocycles. The summed E-state index contributed by atoms with van der Waals surface area (Å²) in [4.78, 5) is 34.0. The molecule has 3 aromatic rings. The van der Waals surface area contributed by atoms with Crippen LogP contribution in [0.25, 0.3) is 0 Å². The number of carbonyl (C=O) groups is 2. The van der Waals surface area contributed by atoms with Crippen molar-refractivity contribution < 1.29 is 14.0 Å². The molecule has 1 saturated heterocycles. The van der Waals surface area contributed by atoms with Crippen molar-refractivity contribution in [2.75, 3.05) is 32.7 Å². The molecular weight excluding hydrogens is 469 g/mol. The number of halogens is 1. The van der Waals surface area contributed by atoms with Gasteiger partial charge in [-0.1, -0.05) is 18.2 Å². The Morgan fingerprint density at radius 2 is 1.94 bits per heavy atom. The van der Waals surface area contributed by atoms with Gasteiger partial charge in [0.25, 0.3) is 5.91 Å². The average molecular weight is 498 g/mol. The molecule has 178 valence electrons. The fraction of sp³-hybridized carbons (Fsp3) is 0.385. The highest BCUT2D eigenvalue weighted by Crippen LogP contribution is 2.38. The molecule has 0 bridgehead atoms. The molecule has 1 aromatic carbocycles. The van der Waals surface area contributed by atoms with Crippen LogP contribution < -0.4 is 0 Å². The van der Waals surface area contributed by atoms with Gasteiger partial charge >= 0.3 is 0 Å². The van der Waals surface area contributed by atoms with Crippen LogP contribution in [0.3, 0.4) is 0 Å². The number of hydrogen-bond acceptors (Lipinski definition) is 5. The van der Waals surface area contributed by atoms with Gasteiger partial charge in [-0.2, -0.15) is 0 Å². The van der Waals surface area contributed by atoms with Gasteiger partial charge in [0.1, 0.15) is 5.82 Å². The molecule has 0 spiro atoms. The van der Waals surface area contributed by atoms with Crippen molar-refractivity contribution >= 4 is 34.5 Å². The zero-order valence-electron chi connectivity index (χ0n) is 19.2. The first kappa shape index (κ1) is 23.2. The van der Waals surface area contributed by atoms with Crippen LogP contribution in [-0.2, 0) is 11.2 Å². The third kappa shape index (κ3) is 4.67. The molecule has 0 radical (unpaired) electrons. The highest BCUT2D eigenvalue weighted by Gasteiger charge is 2.33. The Bertz CT molecular complexity index is 1160. The quantitative estimate of drug-likeness (QED) is 0.515. The maximum atomic E-state index is 14.0. The molecule has 0 aliphatic carbocycles. The first-order chi connectivity index (χ1) is 16.5. The zero-order chi connectivity index (χ0) is 23.7. The number of thiophene rings is 2. The summed E-state index contributed by atoms with van der Waals surface area (Å²) < 4.78 is 14.0. The minimum atomic E-state index is -0.236. The van der Waals surface area contributed by atoms with Crippen molar-refractivity contribution in [3.8, 4) is 0 Å². The lowest BCUT2D eigenvalue weighted by Crippen LogP contribution is -2.55. The number of benzene rings is 1. The Morgan fingerprint density at radius 1 is 1.06 bits per heavy atom. The topological polar surface area (TPSA) is 43.9 Å². The standard InChI is InChI=1S/C26H28FN3O2S2/c1-18-17-29(12-13-30(18)26(32)23-6-3-14-33-23)24(31)8-11-28-10-7-22-21(9-15-34-22)25(28)19-4-2-5-20(27)16-19/h2-6,9,14-16,18,25H,7-8,10-13,17H2,1H3/t18-,25-/m1/s1. The van der Waals surface area contributed by atoms with Crippen LogP contribution >= 0.6 is 22.7 Å². The summed E-state index contributed by atoms with van der Waals surface area (Å²) in [7, 11) is 0. The maximum Gasteiger partial charge on any atom is 0.264 e. The molecule has 0 N–H and O–H groups in total. The Kier molecular flexibility index (Phi) is 6.81. The number of hydrogen-bond donors (Lipinski definition) is 0. The van der Waals surface area contributed by atoms with E-state index in [1.165, 1.54) is 27.8 Å². The van der Waals surface area contributed by atoms with E-state index in [1.807, 2.05) is 40.3 Å². The summed E-state index contributed by atoms with van der Waals surface area (Å²) >= 11 is 3.20. The second-order valence-corrected chi connectivity index (χ2v) is 10.9. The van der Waals surface area contributed by atoms with Gasteiger partial charge in [-0.3, -0.25) is 14.5 Å². The van der Waals surface area contributed by atoms with Crippen LogP contribution in [0.15, 0.2) is 53.2 Å². The SMILES string of the molecule is C[C@@H]1CN(C(=O)CCN2CCc3sccc3[C@H]2c2cccc(F)c2)CCN1C(=O)c1cccs1. The van der Waals surface area contributed by atoms with Crippen LogP contribution in [0.5, 0.6) is 0 Å². The molecule has 2 aromatic heterocycles. The number of rotatable bonds is 5. The fourth-order valence-electron chi connectivity index (χ4n) is 5.10. The van der Waals surface area contributed by atoms with E-state index in [2.05, 4.69) is 16.3 Å². The van der Waals surface area contributed by atoms with E-state index >= 15 is 0 Å². The van der Waals surface area contributed by atoms with Crippen molar-refractivity contribution in [2.45, 2.75) is 31.8 Å². The number of piperazine rings is 1. The van der Waals surface area contributed by atoms with Crippen LogP contribution in [0.1, 0.15) is 45.1 Å². The summed E-state index contributed by atoms with van der Waals surface area (Å²) in [6, 6.07) is 12.6. The molecule has 2 atom stereocenters. The van der Waals surface area contributed by atoms with Crippen LogP contribution in [0, 0.1) is 5.82 Å². The molecular formula is C26H28FN3O2S2. The largest absolute Gasteiger partial charge is 0.339 e. The zero-order valence-corrected chi connectivity index (χ0v) is 20.8. The normalized spacial score (nSPS) is 20.9. The lowest BCUT2D eigenvalue weighted by atomic mass is 9.93. The monoisotopic (exact) mass is 497 g/mol. The molecule has 1 fully saturated rings. The summed E-state index contributed by atoms with van der Waals surface area (Å²) in [6.45, 7) is 5.14. The predicted molar refractivity (Wildman–Crippen MR) is 134 cm³/mol. The third-order valence-corrected chi connectivity index (χ3v) is 8.67. The first-order valence-electron chi connectivity index (χ1n) is 11.7. The van der Waals surface area contributed by atoms with E-state index in [0.717, 1.165) is 23.4 Å². The third-order valence-electron chi connectivity index (χ3n) is 6.82. The van der Waals surface area contributed by atoms with Crippen molar-refractivity contribution in [1.29, 1.82) is 0 Å². The van der Waals surface area contributed by atoms with Gasteiger partial charge < -0.3 is 9.80 Å². The minimum Gasteiger partial charge on any atom is -0.339 e. The average Bonchev–Trinajstić information content (AvgIpc) is 3.54. The molecule has 5 rings (SSSR count). The molecule has 2 aliphatic rings. The van der Waals surface area contributed by atoms with Gasteiger partial charge in [-0.25, -0.2) is 4.39 Å². The molecule has 0 saturated carbocycles. The first-order valence-corrected chi connectivity index (χ1v) is 13.4. The van der Waals surface area contributed by atoms with Gasteiger partial charge in [-0.05, 0) is 59.5 Å². The Labute approximate surface area is 207 Å². The second kappa shape index (κ2) is 9.98. The van der Waals surface area contributed by atoms with Crippen molar-refractivity contribution in [2.24, 2.45) is 0 Å². The van der Waals surface area contributed by atoms with E-state index in [9.17, 15) is 14.0 Å². The van der Waals surface area contributed by atoms with Gasteiger partial charge in [0.2, 0.25) is 5.91 Å². The minimum absolute atomic E-state index is 0.0179. The van der Waals surface area contributed by atoms with E-state index in [-0.39, 0.29) is 29.7 Å². The van der Waals surface area contributed by atoms with E-state index < -0.39 is 0 Å². The molecule has 8 heteroatoms. The van der Waals surface area contributed by atoms with E-state index in [4.69, 9.17) is 0 Å². The van der Waals surface area contributed by atoms with Crippen molar-refractivity contribution in [3.05, 3.63) is 79.9 Å². The van der Waals surface area contributed by atoms with Crippen LogP contribution in [0.2, 0.25) is 0 Å². The molecule has 34 heavy (non-hydrogen) atoms. The number of carbonyl (C=O) groups excluding carboxylic acids is 2. The summed E-state index contributed by atoms with van der Waals surface area (Å²) in [5, 5.41) is 4.01. The molecule has 2 amide bonds. The molecule has 4 heterocycles. The molecule has 0 unspecified atom stereocenters. The summed E-state index contributed by atoms with van der Waals surface area (Å²) in [6.07, 6.45) is 1.37. The van der Waals surface area contributed by atoms with E-state index in [1.54, 1.807) is 23.5 Å². The number of amides is 2. The van der Waals surface area contributed by atoms with Gasteiger partial charge in [0.05, 0.1) is 10.9 Å². The Hall–Kier alpha value is -2.55. The second-order valence-electron chi connectivity index (χ2n) is 8.96. The van der Waals surface area contributed by atoms with Crippen molar-refractivity contribution in [3.63, 3.8) is 0 Å². The Balaban J connectivity index is 1.23. The maximum absolute atomic E-state index is 14.0. The smallest absolute Gasteiger partial charge is 0.264 e. The van der Waals surface area contributed by atoms with Gasteiger partial charge in [-0.15, -0.1) is 22.7 Å². The van der Waals surface area contributed by atoms with E-state index in [0.29, 0.717) is 32.6 Å². The lowest BCUT2D eigenvalue weighted by molar-refractivity contribution is -0.134. The number of nitrogens with zero attached hydrogens (tertiary/aromatic N) is 3. The number of fused-ring (bicyclic) bond motifs is 1. The summed E-state index contributed by atoms with van der Waals surface area (Å²) in [5.74, 6) is -0.0727. The van der Waals surface area contributed by atoms with Crippen molar-refractivity contribution in [1.82, 2.24) is 14.7 Å². The van der Waals surface area contributed by atoms with Gasteiger partial charge in [0, 0.05) is 50.1 Å². The fourth-order valence-corrected chi connectivity index (χ4v) is 6.68. The predicted octanol–water partition coefficient (Wildman–Crippen LogP) is 4.66.